The normalized spacial score (nSPS) is 9.96. The van der Waals surface area contributed by atoms with E-state index in [0.29, 0.717) is 5.56 Å². The summed E-state index contributed by atoms with van der Waals surface area (Å²) in [6, 6.07) is 14.5. The highest BCUT2D eigenvalue weighted by molar-refractivity contribution is 5.97. The first-order valence-corrected chi connectivity index (χ1v) is 7.68. The Hall–Kier alpha value is -3.20. The molecule has 0 spiro atoms. The summed E-state index contributed by atoms with van der Waals surface area (Å²) in [7, 11) is 0. The van der Waals surface area contributed by atoms with Gasteiger partial charge < -0.3 is 9.64 Å². The molecule has 0 saturated carbocycles. The second-order valence-corrected chi connectivity index (χ2v) is 5.35. The van der Waals surface area contributed by atoms with Crippen molar-refractivity contribution in [2.45, 2.75) is 13.3 Å². The maximum absolute atomic E-state index is 14.0. The van der Waals surface area contributed by atoms with Crippen LogP contribution in [-0.2, 0) is 9.53 Å². The number of aryl methyl sites for hydroxylation is 1. The van der Waals surface area contributed by atoms with Gasteiger partial charge in [0, 0.05) is 6.54 Å². The van der Waals surface area contributed by atoms with E-state index in [2.05, 4.69) is 0 Å². The second kappa shape index (κ2) is 8.60. The van der Waals surface area contributed by atoms with Gasteiger partial charge in [-0.25, -0.2) is 9.18 Å². The van der Waals surface area contributed by atoms with Gasteiger partial charge in [-0.2, -0.15) is 5.26 Å². The van der Waals surface area contributed by atoms with Gasteiger partial charge in [0.15, 0.2) is 6.61 Å². The molecule has 0 unspecified atom stereocenters. The van der Waals surface area contributed by atoms with Crippen LogP contribution in [-0.4, -0.2) is 25.0 Å². The number of ether oxygens (including phenoxy) is 1. The number of hydrogen-bond acceptors (Lipinski definition) is 4. The van der Waals surface area contributed by atoms with Crippen molar-refractivity contribution >= 4 is 17.6 Å². The third kappa shape index (κ3) is 4.88. The lowest BCUT2D eigenvalue weighted by Crippen LogP contribution is -2.36. The zero-order chi connectivity index (χ0) is 18.2. The Morgan fingerprint density at radius 2 is 1.96 bits per heavy atom. The van der Waals surface area contributed by atoms with Crippen LogP contribution < -0.4 is 4.90 Å². The molecule has 2 rings (SSSR count). The molecule has 2 aromatic rings. The zero-order valence-electron chi connectivity index (χ0n) is 13.7. The molecule has 0 saturated heterocycles. The van der Waals surface area contributed by atoms with Gasteiger partial charge in [0.25, 0.3) is 5.91 Å². The Labute approximate surface area is 145 Å². The summed E-state index contributed by atoms with van der Waals surface area (Å²) in [4.78, 5) is 25.5. The fourth-order valence-electron chi connectivity index (χ4n) is 2.27. The van der Waals surface area contributed by atoms with E-state index in [1.165, 1.54) is 18.2 Å². The number of nitriles is 1. The van der Waals surface area contributed by atoms with Gasteiger partial charge in [0.1, 0.15) is 5.82 Å². The number of halogens is 1. The molecule has 128 valence electrons. The Morgan fingerprint density at radius 1 is 1.20 bits per heavy atom. The molecule has 0 aromatic heterocycles. The van der Waals surface area contributed by atoms with Gasteiger partial charge in [0.05, 0.1) is 23.7 Å². The van der Waals surface area contributed by atoms with Crippen molar-refractivity contribution < 1.29 is 18.7 Å². The average molecular weight is 340 g/mol. The van der Waals surface area contributed by atoms with Crippen molar-refractivity contribution in [2.24, 2.45) is 0 Å². The first-order chi connectivity index (χ1) is 12.0. The molecule has 2 aromatic carbocycles. The minimum Gasteiger partial charge on any atom is -0.452 e. The van der Waals surface area contributed by atoms with E-state index in [-0.39, 0.29) is 18.7 Å². The smallest absolute Gasteiger partial charge is 0.338 e. The highest BCUT2D eigenvalue weighted by atomic mass is 19.1. The van der Waals surface area contributed by atoms with E-state index in [4.69, 9.17) is 10.00 Å². The van der Waals surface area contributed by atoms with Gasteiger partial charge in [-0.1, -0.05) is 29.8 Å². The molecule has 0 aliphatic carbocycles. The first kappa shape index (κ1) is 18.1. The largest absolute Gasteiger partial charge is 0.452 e. The van der Waals surface area contributed by atoms with Crippen LogP contribution in [0.2, 0.25) is 0 Å². The molecule has 5 nitrogen and oxygen atoms in total. The zero-order valence-corrected chi connectivity index (χ0v) is 13.7. The second-order valence-electron chi connectivity index (χ2n) is 5.35. The SMILES string of the molecule is Cc1cccc(C(=O)OCC(=O)N(CCC#N)c2ccccc2F)c1. The van der Waals surface area contributed by atoms with Crippen LogP contribution in [0.1, 0.15) is 22.3 Å². The van der Waals surface area contributed by atoms with Crippen molar-refractivity contribution in [3.63, 3.8) is 0 Å². The van der Waals surface area contributed by atoms with Crippen LogP contribution in [0.4, 0.5) is 10.1 Å². The van der Waals surface area contributed by atoms with Gasteiger partial charge in [0.2, 0.25) is 0 Å². The molecule has 0 fully saturated rings. The topological polar surface area (TPSA) is 70.4 Å². The number of nitrogens with zero attached hydrogens (tertiary/aromatic N) is 2. The highest BCUT2D eigenvalue weighted by Gasteiger charge is 2.20. The van der Waals surface area contributed by atoms with Crippen molar-refractivity contribution in [2.75, 3.05) is 18.1 Å². The van der Waals surface area contributed by atoms with Crippen LogP contribution in [0.25, 0.3) is 0 Å². The van der Waals surface area contributed by atoms with Crippen LogP contribution in [0.3, 0.4) is 0 Å². The van der Waals surface area contributed by atoms with Crippen LogP contribution in [0.15, 0.2) is 48.5 Å². The molecule has 0 atom stereocenters. The average Bonchev–Trinajstić information content (AvgIpc) is 2.61. The number of hydrogen-bond donors (Lipinski definition) is 0. The number of amides is 1. The van der Waals surface area contributed by atoms with Gasteiger partial charge in [-0.05, 0) is 31.2 Å². The van der Waals surface area contributed by atoms with Crippen molar-refractivity contribution in [1.82, 2.24) is 0 Å². The molecule has 0 bridgehead atoms. The van der Waals surface area contributed by atoms with E-state index in [9.17, 15) is 14.0 Å². The number of esters is 1. The number of rotatable bonds is 6. The first-order valence-electron chi connectivity index (χ1n) is 7.68. The standard InChI is InChI=1S/C19H17FN2O3/c1-14-6-4-7-15(12-14)19(24)25-13-18(23)22(11-5-10-21)17-9-3-2-8-16(17)20/h2-4,6-9,12H,5,11,13H2,1H3. The van der Waals surface area contributed by atoms with Gasteiger partial charge >= 0.3 is 5.97 Å². The quantitative estimate of drug-likeness (QED) is 0.757. The van der Waals surface area contributed by atoms with Gasteiger partial charge in [-0.15, -0.1) is 0 Å². The molecular weight excluding hydrogens is 323 g/mol. The van der Waals surface area contributed by atoms with Crippen LogP contribution in [0.5, 0.6) is 0 Å². The summed E-state index contributed by atoms with van der Waals surface area (Å²) in [5.41, 5.74) is 1.28. The summed E-state index contributed by atoms with van der Waals surface area (Å²) in [5.74, 6) is -1.81. The van der Waals surface area contributed by atoms with E-state index < -0.39 is 24.3 Å². The molecule has 0 N–H and O–H groups in total. The molecular formula is C19H17FN2O3. The van der Waals surface area contributed by atoms with Crippen LogP contribution in [0, 0.1) is 24.1 Å². The molecule has 0 aliphatic heterocycles. The maximum atomic E-state index is 14.0. The van der Waals surface area contributed by atoms with Gasteiger partial charge in [-0.3, -0.25) is 4.79 Å². The Bertz CT molecular complexity index is 814. The summed E-state index contributed by atoms with van der Waals surface area (Å²) in [6.45, 7) is 1.31. The number of carbonyl (C=O) groups is 2. The van der Waals surface area contributed by atoms with Crippen molar-refractivity contribution in [3.8, 4) is 6.07 Å². The number of benzene rings is 2. The van der Waals surface area contributed by atoms with E-state index >= 15 is 0 Å². The Balaban J connectivity index is 2.08. The molecule has 6 heteroatoms. The predicted molar refractivity (Wildman–Crippen MR) is 90.4 cm³/mol. The number of para-hydroxylation sites is 1. The Morgan fingerprint density at radius 3 is 2.64 bits per heavy atom. The molecule has 0 aliphatic rings. The minimum atomic E-state index is -0.634. The summed E-state index contributed by atoms with van der Waals surface area (Å²) in [5, 5.41) is 8.74. The monoisotopic (exact) mass is 340 g/mol. The highest BCUT2D eigenvalue weighted by Crippen LogP contribution is 2.19. The summed E-state index contributed by atoms with van der Waals surface area (Å²) >= 11 is 0. The molecule has 0 heterocycles. The summed E-state index contributed by atoms with van der Waals surface area (Å²) in [6.07, 6.45) is 0.0336. The molecule has 1 amide bonds. The predicted octanol–water partition coefficient (Wildman–Crippen LogP) is 3.24. The fourth-order valence-corrected chi connectivity index (χ4v) is 2.27. The lowest BCUT2D eigenvalue weighted by atomic mass is 10.1. The van der Waals surface area contributed by atoms with Crippen molar-refractivity contribution in [3.05, 3.63) is 65.5 Å². The number of carbonyl (C=O) groups excluding carboxylic acids is 2. The molecule has 0 radical (unpaired) electrons. The summed E-state index contributed by atoms with van der Waals surface area (Å²) < 4.78 is 19.0. The van der Waals surface area contributed by atoms with E-state index in [1.54, 1.807) is 24.3 Å². The lowest BCUT2D eigenvalue weighted by Gasteiger charge is -2.22. The molecule has 25 heavy (non-hydrogen) atoms. The van der Waals surface area contributed by atoms with Crippen molar-refractivity contribution in [1.29, 1.82) is 5.26 Å². The van der Waals surface area contributed by atoms with Crippen LogP contribution >= 0.6 is 0 Å². The Kier molecular flexibility index (Phi) is 6.24. The number of anilines is 1. The maximum Gasteiger partial charge on any atom is 0.338 e. The van der Waals surface area contributed by atoms with E-state index in [1.807, 2.05) is 19.1 Å². The fraction of sp³-hybridized carbons (Fsp3) is 0.211. The third-order valence-corrected chi connectivity index (χ3v) is 3.47. The lowest BCUT2D eigenvalue weighted by molar-refractivity contribution is -0.121. The third-order valence-electron chi connectivity index (χ3n) is 3.47. The van der Waals surface area contributed by atoms with E-state index in [0.717, 1.165) is 10.5 Å². The minimum absolute atomic E-state index is 0.0122.